The first kappa shape index (κ1) is 9.89. The maximum atomic E-state index is 5.79. The topological polar surface area (TPSA) is 61.7 Å². The fourth-order valence-electron chi connectivity index (χ4n) is 2.00. The van der Waals surface area contributed by atoms with E-state index in [4.69, 9.17) is 5.73 Å². The molecular weight excluding hydrogens is 214 g/mol. The Labute approximate surface area is 98.5 Å². The van der Waals surface area contributed by atoms with Gasteiger partial charge in [0.2, 0.25) is 0 Å². The predicted octanol–water partition coefficient (Wildman–Crippen LogP) is 1.65. The predicted molar refractivity (Wildman–Crippen MR) is 67.0 cm³/mol. The highest BCUT2D eigenvalue weighted by atomic mass is 15.3. The molecule has 0 radical (unpaired) electrons. The summed E-state index contributed by atoms with van der Waals surface area (Å²) in [6.45, 7) is 2.03. The molecule has 0 aliphatic heterocycles. The minimum Gasteiger partial charge on any atom is -0.399 e. The van der Waals surface area contributed by atoms with Crippen LogP contribution in [0.3, 0.4) is 0 Å². The van der Waals surface area contributed by atoms with Crippen LogP contribution in [-0.2, 0) is 7.05 Å². The summed E-state index contributed by atoms with van der Waals surface area (Å²) in [6, 6.07) is 5.75. The summed E-state index contributed by atoms with van der Waals surface area (Å²) >= 11 is 0. The summed E-state index contributed by atoms with van der Waals surface area (Å²) in [7, 11) is 1.89. The van der Waals surface area contributed by atoms with Gasteiger partial charge in [-0.2, -0.15) is 10.2 Å². The van der Waals surface area contributed by atoms with Crippen LogP contribution in [0.4, 0.5) is 5.69 Å². The van der Waals surface area contributed by atoms with Crippen LogP contribution in [0.25, 0.3) is 16.6 Å². The zero-order valence-electron chi connectivity index (χ0n) is 9.75. The lowest BCUT2D eigenvalue weighted by atomic mass is 10.2. The quantitative estimate of drug-likeness (QED) is 0.643. The molecule has 3 aromatic rings. The normalized spacial score (nSPS) is 11.2. The average Bonchev–Trinajstić information content (AvgIpc) is 2.84. The van der Waals surface area contributed by atoms with Crippen molar-refractivity contribution in [2.75, 3.05) is 5.73 Å². The van der Waals surface area contributed by atoms with E-state index in [1.54, 1.807) is 10.9 Å². The van der Waals surface area contributed by atoms with Crippen LogP contribution in [-0.4, -0.2) is 19.6 Å². The largest absolute Gasteiger partial charge is 0.399 e. The number of aryl methyl sites for hydroxylation is 2. The Morgan fingerprint density at radius 1 is 1.29 bits per heavy atom. The highest BCUT2D eigenvalue weighted by Gasteiger charge is 2.10. The van der Waals surface area contributed by atoms with Gasteiger partial charge in [-0.05, 0) is 25.1 Å². The molecule has 0 fully saturated rings. The molecule has 1 aromatic carbocycles. The molecular formula is C12H13N5. The van der Waals surface area contributed by atoms with Gasteiger partial charge in [0.15, 0.2) is 0 Å². The second-order valence-corrected chi connectivity index (χ2v) is 4.15. The minimum atomic E-state index is 0.756. The van der Waals surface area contributed by atoms with E-state index in [-0.39, 0.29) is 0 Å². The van der Waals surface area contributed by atoms with Crippen molar-refractivity contribution < 1.29 is 0 Å². The summed E-state index contributed by atoms with van der Waals surface area (Å²) in [5.74, 6) is 0. The lowest BCUT2D eigenvalue weighted by molar-refractivity contribution is 0.765. The second kappa shape index (κ2) is 3.35. The molecule has 2 N–H and O–H groups in total. The third-order valence-corrected chi connectivity index (χ3v) is 2.87. The Morgan fingerprint density at radius 3 is 2.82 bits per heavy atom. The van der Waals surface area contributed by atoms with Crippen LogP contribution >= 0.6 is 0 Å². The first-order chi connectivity index (χ1) is 8.15. The minimum absolute atomic E-state index is 0.756. The maximum Gasteiger partial charge on any atom is 0.103 e. The number of hydrogen-bond acceptors (Lipinski definition) is 3. The Hall–Kier alpha value is -2.30. The van der Waals surface area contributed by atoms with Crippen molar-refractivity contribution in [2.45, 2.75) is 6.92 Å². The molecule has 0 spiro atoms. The van der Waals surface area contributed by atoms with Crippen molar-refractivity contribution in [3.8, 4) is 5.69 Å². The van der Waals surface area contributed by atoms with Gasteiger partial charge in [0.25, 0.3) is 0 Å². The molecule has 17 heavy (non-hydrogen) atoms. The van der Waals surface area contributed by atoms with Gasteiger partial charge in [0, 0.05) is 23.8 Å². The van der Waals surface area contributed by atoms with Crippen molar-refractivity contribution in [1.82, 2.24) is 19.6 Å². The number of benzene rings is 1. The van der Waals surface area contributed by atoms with Gasteiger partial charge in [0.05, 0.1) is 17.9 Å². The SMILES string of the molecule is Cc1c2cc(N)ccc2nn1-c1cnn(C)c1. The summed E-state index contributed by atoms with van der Waals surface area (Å²) in [5.41, 5.74) is 9.52. The van der Waals surface area contributed by atoms with Crippen LogP contribution in [0.2, 0.25) is 0 Å². The molecule has 0 amide bonds. The van der Waals surface area contributed by atoms with Crippen LogP contribution < -0.4 is 5.73 Å². The zero-order valence-corrected chi connectivity index (χ0v) is 9.75. The monoisotopic (exact) mass is 227 g/mol. The standard InChI is InChI=1S/C12H13N5/c1-8-11-5-9(13)3-4-12(11)15-17(8)10-6-14-16(2)7-10/h3-7H,13H2,1-2H3. The molecule has 86 valence electrons. The van der Waals surface area contributed by atoms with Gasteiger partial charge < -0.3 is 5.73 Å². The van der Waals surface area contributed by atoms with Crippen LogP contribution in [0, 0.1) is 6.92 Å². The molecule has 0 atom stereocenters. The Bertz CT molecular complexity index is 692. The summed E-state index contributed by atoms with van der Waals surface area (Å²) in [4.78, 5) is 0. The summed E-state index contributed by atoms with van der Waals surface area (Å²) in [6.07, 6.45) is 3.73. The highest BCUT2D eigenvalue weighted by molar-refractivity contribution is 5.85. The number of anilines is 1. The molecule has 0 aliphatic rings. The van der Waals surface area contributed by atoms with Gasteiger partial charge in [-0.1, -0.05) is 0 Å². The van der Waals surface area contributed by atoms with E-state index < -0.39 is 0 Å². The van der Waals surface area contributed by atoms with E-state index in [1.807, 2.05) is 43.0 Å². The van der Waals surface area contributed by atoms with Crippen molar-refractivity contribution >= 4 is 16.6 Å². The molecule has 0 saturated heterocycles. The highest BCUT2D eigenvalue weighted by Crippen LogP contribution is 2.22. The molecule has 0 aliphatic carbocycles. The molecule has 2 heterocycles. The number of aromatic nitrogens is 4. The third kappa shape index (κ3) is 1.47. The smallest absolute Gasteiger partial charge is 0.103 e. The Balaban J connectivity index is 2.27. The van der Waals surface area contributed by atoms with Crippen molar-refractivity contribution in [2.24, 2.45) is 7.05 Å². The van der Waals surface area contributed by atoms with E-state index in [2.05, 4.69) is 10.2 Å². The molecule has 3 rings (SSSR count). The molecule has 2 aromatic heterocycles. The van der Waals surface area contributed by atoms with Crippen molar-refractivity contribution in [3.05, 3.63) is 36.3 Å². The number of fused-ring (bicyclic) bond motifs is 1. The lowest BCUT2D eigenvalue weighted by Gasteiger charge is -1.98. The lowest BCUT2D eigenvalue weighted by Crippen LogP contribution is -1.96. The molecule has 0 unspecified atom stereocenters. The van der Waals surface area contributed by atoms with Gasteiger partial charge in [-0.15, -0.1) is 0 Å². The summed E-state index contributed by atoms with van der Waals surface area (Å²) in [5, 5.41) is 9.78. The number of nitrogens with zero attached hydrogens (tertiary/aromatic N) is 4. The first-order valence-corrected chi connectivity index (χ1v) is 5.39. The number of rotatable bonds is 1. The van der Waals surface area contributed by atoms with Gasteiger partial charge in [0.1, 0.15) is 5.69 Å². The molecule has 5 nitrogen and oxygen atoms in total. The van der Waals surface area contributed by atoms with E-state index in [9.17, 15) is 0 Å². The zero-order chi connectivity index (χ0) is 12.0. The average molecular weight is 227 g/mol. The van der Waals surface area contributed by atoms with Crippen molar-refractivity contribution in [3.63, 3.8) is 0 Å². The fraction of sp³-hybridized carbons (Fsp3) is 0.167. The Morgan fingerprint density at radius 2 is 2.12 bits per heavy atom. The van der Waals surface area contributed by atoms with E-state index >= 15 is 0 Å². The Kier molecular flexibility index (Phi) is 1.95. The van der Waals surface area contributed by atoms with E-state index in [0.717, 1.165) is 28.0 Å². The van der Waals surface area contributed by atoms with Gasteiger partial charge >= 0.3 is 0 Å². The van der Waals surface area contributed by atoms with Crippen LogP contribution in [0.5, 0.6) is 0 Å². The van der Waals surface area contributed by atoms with E-state index in [0.29, 0.717) is 0 Å². The van der Waals surface area contributed by atoms with Crippen LogP contribution in [0.15, 0.2) is 30.6 Å². The molecule has 0 bridgehead atoms. The molecule has 0 saturated carbocycles. The first-order valence-electron chi connectivity index (χ1n) is 5.39. The van der Waals surface area contributed by atoms with Crippen molar-refractivity contribution in [1.29, 1.82) is 0 Å². The van der Waals surface area contributed by atoms with Gasteiger partial charge in [-0.25, -0.2) is 4.68 Å². The number of nitrogen functional groups attached to an aromatic ring is 1. The fourth-order valence-corrected chi connectivity index (χ4v) is 2.00. The van der Waals surface area contributed by atoms with Crippen LogP contribution in [0.1, 0.15) is 5.69 Å². The number of nitrogens with two attached hydrogens (primary N) is 1. The summed E-state index contributed by atoms with van der Waals surface area (Å²) < 4.78 is 3.65. The van der Waals surface area contributed by atoms with Gasteiger partial charge in [-0.3, -0.25) is 4.68 Å². The third-order valence-electron chi connectivity index (χ3n) is 2.87. The number of hydrogen-bond donors (Lipinski definition) is 1. The van der Waals surface area contributed by atoms with E-state index in [1.165, 1.54) is 0 Å². The molecule has 5 heteroatoms. The second-order valence-electron chi connectivity index (χ2n) is 4.15. The maximum absolute atomic E-state index is 5.79.